The van der Waals surface area contributed by atoms with Crippen LogP contribution in [0, 0.1) is 0 Å². The van der Waals surface area contributed by atoms with Crippen LogP contribution in [0.25, 0.3) is 11.1 Å². The maximum Gasteiger partial charge on any atom is 0.253 e. The molecule has 0 aromatic heterocycles. The number of benzene rings is 2. The zero-order valence-corrected chi connectivity index (χ0v) is 17.9. The Morgan fingerprint density at radius 1 is 1.06 bits per heavy atom. The van der Waals surface area contributed by atoms with Gasteiger partial charge < -0.3 is 9.64 Å². The summed E-state index contributed by atoms with van der Waals surface area (Å²) in [6.07, 6.45) is 1.12. The number of carbonyl (C=O) groups is 1. The van der Waals surface area contributed by atoms with Gasteiger partial charge in [-0.2, -0.15) is 11.1 Å². The first kappa shape index (κ1) is 21.8. The van der Waals surface area contributed by atoms with Crippen molar-refractivity contribution in [3.05, 3.63) is 53.6 Å². The zero-order chi connectivity index (χ0) is 22.0. The second-order valence-electron chi connectivity index (χ2n) is 7.57. The Morgan fingerprint density at radius 3 is 2.32 bits per heavy atom. The molecule has 2 heterocycles. The summed E-state index contributed by atoms with van der Waals surface area (Å²) >= 11 is 0. The summed E-state index contributed by atoms with van der Waals surface area (Å²) < 4.78 is 29.7. The van der Waals surface area contributed by atoms with Crippen LogP contribution in [0.1, 0.15) is 34.9 Å². The first-order valence-electron chi connectivity index (χ1n) is 9.98. The number of carbonyl (C=O) groups excluding carboxylic acids is 1. The van der Waals surface area contributed by atoms with Crippen LogP contribution in [-0.4, -0.2) is 45.5 Å². The highest BCUT2D eigenvalue weighted by atomic mass is 32.2. The van der Waals surface area contributed by atoms with Crippen LogP contribution in [0.3, 0.4) is 0 Å². The molecule has 0 bridgehead atoms. The Bertz CT molecular complexity index is 1050. The minimum atomic E-state index is -3.95. The predicted octanol–water partition coefficient (Wildman–Crippen LogP) is 0.368. The number of rotatable bonds is 5. The van der Waals surface area contributed by atoms with Gasteiger partial charge in [0.2, 0.25) is 10.0 Å². The number of hydrazine groups is 3. The Kier molecular flexibility index (Phi) is 6.34. The van der Waals surface area contributed by atoms with Gasteiger partial charge in [0, 0.05) is 37.4 Å². The van der Waals surface area contributed by atoms with E-state index in [1.54, 1.807) is 23.1 Å². The van der Waals surface area contributed by atoms with E-state index in [1.807, 2.05) is 25.2 Å². The van der Waals surface area contributed by atoms with Crippen molar-refractivity contribution in [1.82, 2.24) is 26.8 Å². The van der Waals surface area contributed by atoms with Gasteiger partial charge in [-0.05, 0) is 42.2 Å². The fourth-order valence-electron chi connectivity index (χ4n) is 3.97. The molecular formula is C20H26N6O4S. The Hall–Kier alpha value is -2.38. The van der Waals surface area contributed by atoms with Crippen molar-refractivity contribution in [1.29, 1.82) is 0 Å². The summed E-state index contributed by atoms with van der Waals surface area (Å²) in [5.41, 5.74) is 13.7. The standard InChI is InChI=1S/C20H26N6O4S/c1-26(15-9-11-30-12-10-15)20(27)14-7-5-13(6-8-14)16-3-2-4-17(31(21,28)29)18(16)19-22-24-25-23-19/h2-8,15,19,22-25H,9-12H2,1H3,(H2,21,28,29). The summed E-state index contributed by atoms with van der Waals surface area (Å²) in [7, 11) is -2.14. The molecule has 10 nitrogen and oxygen atoms in total. The van der Waals surface area contributed by atoms with Crippen LogP contribution in [0.4, 0.5) is 0 Å². The van der Waals surface area contributed by atoms with Gasteiger partial charge in [0.25, 0.3) is 5.91 Å². The highest BCUT2D eigenvalue weighted by molar-refractivity contribution is 7.89. The lowest BCUT2D eigenvalue weighted by atomic mass is 9.96. The predicted molar refractivity (Wildman–Crippen MR) is 114 cm³/mol. The van der Waals surface area contributed by atoms with Crippen LogP contribution >= 0.6 is 0 Å². The molecule has 0 aliphatic carbocycles. The van der Waals surface area contributed by atoms with Crippen molar-refractivity contribution < 1.29 is 17.9 Å². The molecule has 166 valence electrons. The minimum Gasteiger partial charge on any atom is -0.381 e. The second kappa shape index (κ2) is 9.01. The highest BCUT2D eigenvalue weighted by Gasteiger charge is 2.27. The second-order valence-corrected chi connectivity index (χ2v) is 9.10. The van der Waals surface area contributed by atoms with Gasteiger partial charge >= 0.3 is 0 Å². The molecule has 0 atom stereocenters. The van der Waals surface area contributed by atoms with Gasteiger partial charge in [-0.25, -0.2) is 24.4 Å². The number of hydrogen-bond donors (Lipinski definition) is 5. The van der Waals surface area contributed by atoms with Crippen molar-refractivity contribution in [2.24, 2.45) is 5.14 Å². The number of nitrogens with one attached hydrogen (secondary N) is 4. The summed E-state index contributed by atoms with van der Waals surface area (Å²) in [4.78, 5) is 14.7. The lowest BCUT2D eigenvalue weighted by Crippen LogP contribution is -2.40. The molecule has 11 heteroatoms. The molecule has 1 amide bonds. The Morgan fingerprint density at radius 2 is 1.71 bits per heavy atom. The van der Waals surface area contributed by atoms with E-state index in [1.165, 1.54) is 6.07 Å². The Balaban J connectivity index is 1.65. The molecule has 2 aromatic carbocycles. The summed E-state index contributed by atoms with van der Waals surface area (Å²) in [6, 6.07) is 12.2. The largest absolute Gasteiger partial charge is 0.381 e. The van der Waals surface area contributed by atoms with Crippen LogP contribution in [0.2, 0.25) is 0 Å². The SMILES string of the molecule is CN(C(=O)c1ccc(-c2cccc(S(N)(=O)=O)c2C2NNNN2)cc1)C1CCOCC1. The van der Waals surface area contributed by atoms with Gasteiger partial charge in [0.1, 0.15) is 6.17 Å². The third-order valence-corrected chi connectivity index (χ3v) is 6.63. The van der Waals surface area contributed by atoms with Crippen molar-refractivity contribution in [3.63, 3.8) is 0 Å². The van der Waals surface area contributed by atoms with E-state index in [9.17, 15) is 13.2 Å². The van der Waals surface area contributed by atoms with Gasteiger partial charge in [-0.3, -0.25) is 4.79 Å². The molecule has 0 unspecified atom stereocenters. The monoisotopic (exact) mass is 446 g/mol. The molecule has 2 aliphatic rings. The Labute approximate surface area is 181 Å². The van der Waals surface area contributed by atoms with Gasteiger partial charge in [-0.15, -0.1) is 0 Å². The number of ether oxygens (including phenoxy) is 1. The fraction of sp³-hybridized carbons (Fsp3) is 0.350. The van der Waals surface area contributed by atoms with Gasteiger partial charge in [-0.1, -0.05) is 24.3 Å². The van der Waals surface area contributed by atoms with Crippen molar-refractivity contribution in [2.75, 3.05) is 20.3 Å². The number of amides is 1. The molecular weight excluding hydrogens is 420 g/mol. The third kappa shape index (κ3) is 4.62. The molecule has 0 saturated carbocycles. The van der Waals surface area contributed by atoms with Crippen molar-refractivity contribution in [3.8, 4) is 11.1 Å². The van der Waals surface area contributed by atoms with Gasteiger partial charge in [0.15, 0.2) is 0 Å². The van der Waals surface area contributed by atoms with Crippen LogP contribution in [-0.2, 0) is 14.8 Å². The lowest BCUT2D eigenvalue weighted by molar-refractivity contribution is 0.0362. The number of primary sulfonamides is 1. The van der Waals surface area contributed by atoms with Crippen LogP contribution < -0.4 is 27.1 Å². The van der Waals surface area contributed by atoms with E-state index >= 15 is 0 Å². The number of sulfonamides is 1. The molecule has 2 fully saturated rings. The van der Waals surface area contributed by atoms with E-state index in [-0.39, 0.29) is 16.8 Å². The molecule has 4 rings (SSSR count). The molecule has 0 spiro atoms. The van der Waals surface area contributed by atoms with Crippen LogP contribution in [0.5, 0.6) is 0 Å². The van der Waals surface area contributed by atoms with E-state index < -0.39 is 16.2 Å². The quantitative estimate of drug-likeness (QED) is 0.444. The molecule has 2 aromatic rings. The summed E-state index contributed by atoms with van der Waals surface area (Å²) in [5, 5.41) is 5.46. The maximum absolute atomic E-state index is 12.9. The highest BCUT2D eigenvalue weighted by Crippen LogP contribution is 2.32. The molecule has 31 heavy (non-hydrogen) atoms. The van der Waals surface area contributed by atoms with Crippen molar-refractivity contribution >= 4 is 15.9 Å². The summed E-state index contributed by atoms with van der Waals surface area (Å²) in [5.74, 6) is -0.0514. The van der Waals surface area contributed by atoms with Crippen molar-refractivity contribution in [2.45, 2.75) is 29.9 Å². The molecule has 0 radical (unpaired) electrons. The summed E-state index contributed by atoms with van der Waals surface area (Å²) in [6.45, 7) is 1.33. The lowest BCUT2D eigenvalue weighted by Gasteiger charge is -2.31. The fourth-order valence-corrected chi connectivity index (χ4v) is 4.78. The van der Waals surface area contributed by atoms with E-state index in [4.69, 9.17) is 9.88 Å². The normalized spacial score (nSPS) is 18.3. The molecule has 2 saturated heterocycles. The first-order valence-corrected chi connectivity index (χ1v) is 11.5. The smallest absolute Gasteiger partial charge is 0.253 e. The molecule has 6 N–H and O–H groups in total. The number of nitrogens with zero attached hydrogens (tertiary/aromatic N) is 1. The van der Waals surface area contributed by atoms with Crippen LogP contribution in [0.15, 0.2) is 47.4 Å². The third-order valence-electron chi connectivity index (χ3n) is 5.66. The van der Waals surface area contributed by atoms with Gasteiger partial charge in [0.05, 0.1) is 4.90 Å². The average Bonchev–Trinajstić information content (AvgIpc) is 3.32. The maximum atomic E-state index is 12.9. The first-order chi connectivity index (χ1) is 14.9. The van der Waals surface area contributed by atoms with E-state index in [0.717, 1.165) is 18.4 Å². The average molecular weight is 447 g/mol. The topological polar surface area (TPSA) is 138 Å². The minimum absolute atomic E-state index is 0.0138. The number of nitrogens with two attached hydrogens (primary N) is 1. The molecule has 2 aliphatic heterocycles. The zero-order valence-electron chi connectivity index (χ0n) is 17.1. The van der Waals surface area contributed by atoms with E-state index in [2.05, 4.69) is 21.9 Å². The number of hydrogen-bond acceptors (Lipinski definition) is 8. The van der Waals surface area contributed by atoms with E-state index in [0.29, 0.717) is 29.9 Å².